The van der Waals surface area contributed by atoms with E-state index in [2.05, 4.69) is 19.1 Å². The molecule has 0 fully saturated rings. The molecule has 0 aliphatic carbocycles. The summed E-state index contributed by atoms with van der Waals surface area (Å²) < 4.78 is 0. The molecule has 2 heteroatoms. The third-order valence-corrected chi connectivity index (χ3v) is 3.67. The first-order valence-corrected chi connectivity index (χ1v) is 8.67. The molecule has 0 heterocycles. The van der Waals surface area contributed by atoms with Crippen LogP contribution in [0, 0.1) is 0 Å². The first-order chi connectivity index (χ1) is 9.41. The van der Waals surface area contributed by atoms with Crippen LogP contribution in [0.2, 0.25) is 0 Å². The molecule has 0 rings (SSSR count). The predicted molar refractivity (Wildman–Crippen MR) is 93.7 cm³/mol. The molecule has 20 heavy (non-hydrogen) atoms. The van der Waals surface area contributed by atoms with E-state index in [-0.39, 0.29) is 29.6 Å². The average Bonchev–Trinajstić information content (AvgIpc) is 2.43. The van der Waals surface area contributed by atoms with Crippen LogP contribution < -0.4 is 0 Å². The van der Waals surface area contributed by atoms with Gasteiger partial charge in [0.2, 0.25) is 0 Å². The van der Waals surface area contributed by atoms with E-state index in [4.69, 9.17) is 5.11 Å². The Morgan fingerprint density at radius 3 is 1.45 bits per heavy atom. The summed E-state index contributed by atoms with van der Waals surface area (Å²) in [6.07, 6.45) is 23.2. The van der Waals surface area contributed by atoms with Crippen LogP contribution in [0.5, 0.6) is 0 Å². The van der Waals surface area contributed by atoms with Gasteiger partial charge in [-0.15, -0.1) is 0 Å². The van der Waals surface area contributed by atoms with E-state index in [9.17, 15) is 0 Å². The van der Waals surface area contributed by atoms with E-state index in [1.54, 1.807) is 0 Å². The zero-order chi connectivity index (χ0) is 14.0. The van der Waals surface area contributed by atoms with E-state index in [1.165, 1.54) is 83.5 Å². The van der Waals surface area contributed by atoms with Gasteiger partial charge in [-0.1, -0.05) is 76.9 Å². The first-order valence-electron chi connectivity index (χ1n) is 8.67. The van der Waals surface area contributed by atoms with Gasteiger partial charge in [0.1, 0.15) is 0 Å². The molecule has 0 amide bonds. The number of allylic oxidation sites excluding steroid dienone is 2. The van der Waals surface area contributed by atoms with Gasteiger partial charge in [0, 0.05) is 6.61 Å². The third kappa shape index (κ3) is 21.0. The summed E-state index contributed by atoms with van der Waals surface area (Å²) in [4.78, 5) is 0. The second kappa shape index (κ2) is 22.0. The van der Waals surface area contributed by atoms with Crippen molar-refractivity contribution in [3.05, 3.63) is 12.2 Å². The van der Waals surface area contributed by atoms with Crippen LogP contribution in [0.4, 0.5) is 0 Å². The molecule has 0 aliphatic rings. The van der Waals surface area contributed by atoms with E-state index < -0.39 is 0 Å². The van der Waals surface area contributed by atoms with Gasteiger partial charge in [-0.2, -0.15) is 0 Å². The fourth-order valence-electron chi connectivity index (χ4n) is 2.36. The van der Waals surface area contributed by atoms with Crippen molar-refractivity contribution in [3.8, 4) is 0 Å². The second-order valence-corrected chi connectivity index (χ2v) is 5.66. The maximum absolute atomic E-state index is 8.66. The molecule has 0 unspecified atom stereocenters. The molecule has 0 bridgehead atoms. The summed E-state index contributed by atoms with van der Waals surface area (Å²) in [5.41, 5.74) is 0. The summed E-state index contributed by atoms with van der Waals surface area (Å²) >= 11 is 0. The number of aliphatic hydroxyl groups excluding tert-OH is 1. The number of aliphatic hydroxyl groups is 1. The fourth-order valence-corrected chi connectivity index (χ4v) is 2.36. The molecule has 0 saturated heterocycles. The molecule has 1 N–H and O–H groups in total. The van der Waals surface area contributed by atoms with Crippen LogP contribution >= 0.6 is 0 Å². The third-order valence-electron chi connectivity index (χ3n) is 3.67. The summed E-state index contributed by atoms with van der Waals surface area (Å²) in [5.74, 6) is 0. The van der Waals surface area contributed by atoms with Crippen molar-refractivity contribution in [1.29, 1.82) is 0 Å². The Bertz CT molecular complexity index is 180. The SMILES string of the molecule is CCCCCCCC/C=C\CCCCCCCCO.[NaH]. The van der Waals surface area contributed by atoms with E-state index in [0.717, 1.165) is 6.42 Å². The molecule has 0 aromatic carbocycles. The Morgan fingerprint density at radius 2 is 1.00 bits per heavy atom. The zero-order valence-corrected chi connectivity index (χ0v) is 13.2. The molecule has 0 aromatic rings. The van der Waals surface area contributed by atoms with Crippen LogP contribution in [-0.2, 0) is 0 Å². The Balaban J connectivity index is 0. The topological polar surface area (TPSA) is 20.2 Å². The van der Waals surface area contributed by atoms with Crippen LogP contribution in [-0.4, -0.2) is 41.3 Å². The van der Waals surface area contributed by atoms with Gasteiger partial charge in [-0.25, -0.2) is 0 Å². The van der Waals surface area contributed by atoms with Gasteiger partial charge in [0.25, 0.3) is 0 Å². The second-order valence-electron chi connectivity index (χ2n) is 5.66. The molecule has 0 spiro atoms. The normalized spacial score (nSPS) is 10.9. The van der Waals surface area contributed by atoms with E-state index in [1.807, 2.05) is 0 Å². The quantitative estimate of drug-likeness (QED) is 0.244. The number of hydrogen-bond acceptors (Lipinski definition) is 1. The standard InChI is InChI=1S/C18H36O.Na.H/c1-2-3-4-5-6-7-8-9-10-11-12-13-14-15-16-17-18-19;;/h9-10,19H,2-8,11-18H2,1H3;;/b10-9-;;. The summed E-state index contributed by atoms with van der Waals surface area (Å²) in [6.45, 7) is 2.64. The molecule has 116 valence electrons. The number of unbranched alkanes of at least 4 members (excludes halogenated alkanes) is 12. The van der Waals surface area contributed by atoms with Gasteiger partial charge < -0.3 is 5.11 Å². The Kier molecular flexibility index (Phi) is 25.3. The first kappa shape index (κ1) is 23.0. The van der Waals surface area contributed by atoms with Crippen molar-refractivity contribution in [2.75, 3.05) is 6.61 Å². The molecule has 0 aliphatic heterocycles. The van der Waals surface area contributed by atoms with Crippen LogP contribution in [0.3, 0.4) is 0 Å². The molecule has 1 nitrogen and oxygen atoms in total. The minimum atomic E-state index is 0. The maximum atomic E-state index is 8.66. The fraction of sp³-hybridized carbons (Fsp3) is 0.889. The predicted octanol–water partition coefficient (Wildman–Crippen LogP) is 5.37. The molecule has 0 radical (unpaired) electrons. The van der Waals surface area contributed by atoms with Crippen molar-refractivity contribution in [2.45, 2.75) is 96.8 Å². The number of rotatable bonds is 15. The van der Waals surface area contributed by atoms with Gasteiger partial charge in [-0.3, -0.25) is 0 Å². The van der Waals surface area contributed by atoms with Crippen LogP contribution in [0.25, 0.3) is 0 Å². The van der Waals surface area contributed by atoms with E-state index >= 15 is 0 Å². The van der Waals surface area contributed by atoms with Crippen molar-refractivity contribution in [3.63, 3.8) is 0 Å². The monoisotopic (exact) mass is 292 g/mol. The van der Waals surface area contributed by atoms with Gasteiger partial charge in [0.15, 0.2) is 0 Å². The molecular weight excluding hydrogens is 255 g/mol. The van der Waals surface area contributed by atoms with Crippen molar-refractivity contribution >= 4 is 29.6 Å². The summed E-state index contributed by atoms with van der Waals surface area (Å²) in [5, 5.41) is 8.66. The summed E-state index contributed by atoms with van der Waals surface area (Å²) in [7, 11) is 0. The van der Waals surface area contributed by atoms with Gasteiger partial charge in [-0.05, 0) is 32.1 Å². The molecule has 0 aromatic heterocycles. The van der Waals surface area contributed by atoms with Crippen LogP contribution in [0.15, 0.2) is 12.2 Å². The van der Waals surface area contributed by atoms with Crippen molar-refractivity contribution in [1.82, 2.24) is 0 Å². The van der Waals surface area contributed by atoms with Gasteiger partial charge >= 0.3 is 29.6 Å². The molecule has 0 atom stereocenters. The average molecular weight is 292 g/mol. The Hall–Kier alpha value is 0.700. The van der Waals surface area contributed by atoms with Crippen LogP contribution in [0.1, 0.15) is 96.8 Å². The minimum absolute atomic E-state index is 0. The zero-order valence-electron chi connectivity index (χ0n) is 13.2. The van der Waals surface area contributed by atoms with Crippen molar-refractivity contribution in [2.24, 2.45) is 0 Å². The van der Waals surface area contributed by atoms with Gasteiger partial charge in [0.05, 0.1) is 0 Å². The Morgan fingerprint density at radius 1 is 0.600 bits per heavy atom. The number of hydrogen-bond donors (Lipinski definition) is 1. The Labute approximate surface area is 149 Å². The molecule has 0 saturated carbocycles. The van der Waals surface area contributed by atoms with Crippen molar-refractivity contribution < 1.29 is 5.11 Å². The van der Waals surface area contributed by atoms with E-state index in [0.29, 0.717) is 6.61 Å². The molecular formula is C18H37NaO. The summed E-state index contributed by atoms with van der Waals surface area (Å²) in [6, 6.07) is 0.